The number of aromatic hydroxyl groups is 1. The highest BCUT2D eigenvalue weighted by Gasteiger charge is 2.03. The summed E-state index contributed by atoms with van der Waals surface area (Å²) in [4.78, 5) is 0. The Bertz CT molecular complexity index is 260. The van der Waals surface area contributed by atoms with Gasteiger partial charge in [0, 0.05) is 3.92 Å². The van der Waals surface area contributed by atoms with Crippen molar-refractivity contribution >= 4 is 34.2 Å². The largest absolute Gasteiger partial charge is 0.506 e. The molecule has 1 atom stereocenters. The zero-order valence-electron chi connectivity index (χ0n) is 6.01. The van der Waals surface area contributed by atoms with E-state index in [-0.39, 0.29) is 5.75 Å². The lowest BCUT2D eigenvalue weighted by Crippen LogP contribution is -1.82. The molecule has 0 amide bonds. The number of benzene rings is 1. The van der Waals surface area contributed by atoms with E-state index in [2.05, 4.69) is 29.5 Å². The highest BCUT2D eigenvalue weighted by atomic mass is 127. The maximum Gasteiger partial charge on any atom is 0.134 e. The quantitative estimate of drug-likeness (QED) is 0.617. The van der Waals surface area contributed by atoms with Crippen LogP contribution in [0.1, 0.15) is 16.4 Å². The molecule has 0 aromatic heterocycles. The summed E-state index contributed by atoms with van der Waals surface area (Å²) in [5, 5.41) is 9.51. The van der Waals surface area contributed by atoms with Gasteiger partial charge >= 0.3 is 0 Å². The molecule has 0 radical (unpaired) electrons. The molecule has 60 valence electrons. The van der Waals surface area contributed by atoms with Gasteiger partial charge in [0.15, 0.2) is 0 Å². The third kappa shape index (κ3) is 2.24. The van der Waals surface area contributed by atoms with Gasteiger partial charge in [0.25, 0.3) is 0 Å². The number of phenols is 1. The van der Waals surface area contributed by atoms with Crippen LogP contribution in [0.2, 0.25) is 5.02 Å². The molecule has 0 aliphatic carbocycles. The lowest BCUT2D eigenvalue weighted by atomic mass is 10.2. The van der Waals surface area contributed by atoms with Gasteiger partial charge in [0.2, 0.25) is 0 Å². The molecule has 0 bridgehead atoms. The van der Waals surface area contributed by atoms with Crippen LogP contribution in [0.5, 0.6) is 5.75 Å². The van der Waals surface area contributed by atoms with Gasteiger partial charge in [-0.25, -0.2) is 0 Å². The lowest BCUT2D eigenvalue weighted by Gasteiger charge is -2.04. The molecule has 0 heterocycles. The molecule has 0 spiro atoms. The van der Waals surface area contributed by atoms with Crippen LogP contribution in [0, 0.1) is 0 Å². The van der Waals surface area contributed by atoms with Crippen molar-refractivity contribution in [1.82, 2.24) is 0 Å². The summed E-state index contributed by atoms with van der Waals surface area (Å²) in [6, 6.07) is 5.28. The Morgan fingerprint density at radius 1 is 1.55 bits per heavy atom. The predicted octanol–water partition coefficient (Wildman–Crippen LogP) is 3.54. The van der Waals surface area contributed by atoms with E-state index >= 15 is 0 Å². The van der Waals surface area contributed by atoms with Crippen LogP contribution in [0.15, 0.2) is 18.2 Å². The fourth-order valence-electron chi connectivity index (χ4n) is 0.771. The van der Waals surface area contributed by atoms with Crippen LogP contribution in [0.3, 0.4) is 0 Å². The molecule has 1 aromatic carbocycles. The van der Waals surface area contributed by atoms with Crippen LogP contribution in [0.4, 0.5) is 0 Å². The highest BCUT2D eigenvalue weighted by Crippen LogP contribution is 2.29. The first-order chi connectivity index (χ1) is 5.11. The summed E-state index contributed by atoms with van der Waals surface area (Å²) in [6.07, 6.45) is 0. The molecule has 1 rings (SSSR count). The Kier molecular flexibility index (Phi) is 3.01. The number of alkyl halides is 1. The van der Waals surface area contributed by atoms with Crippen LogP contribution in [-0.2, 0) is 0 Å². The summed E-state index contributed by atoms with van der Waals surface area (Å²) in [6.45, 7) is 2.07. The summed E-state index contributed by atoms with van der Waals surface area (Å²) in [5.74, 6) is 0.146. The minimum atomic E-state index is 0.146. The van der Waals surface area contributed by atoms with Gasteiger partial charge in [-0.3, -0.25) is 0 Å². The lowest BCUT2D eigenvalue weighted by molar-refractivity contribution is 0.475. The molecule has 1 aromatic rings. The first-order valence-electron chi connectivity index (χ1n) is 3.23. The van der Waals surface area contributed by atoms with Crippen molar-refractivity contribution < 1.29 is 5.11 Å². The fourth-order valence-corrected chi connectivity index (χ4v) is 1.35. The normalized spacial score (nSPS) is 13.0. The predicted molar refractivity (Wildman–Crippen MR) is 55.6 cm³/mol. The van der Waals surface area contributed by atoms with Gasteiger partial charge in [-0.15, -0.1) is 0 Å². The van der Waals surface area contributed by atoms with Crippen LogP contribution in [-0.4, -0.2) is 5.11 Å². The van der Waals surface area contributed by atoms with Crippen molar-refractivity contribution in [3.05, 3.63) is 28.8 Å². The number of phenolic OH excluding ortho intramolecular Hbond substituents is 1. The molecule has 0 aliphatic rings. The smallest absolute Gasteiger partial charge is 0.134 e. The fraction of sp³-hybridized carbons (Fsp3) is 0.250. The van der Waals surface area contributed by atoms with Crippen LogP contribution < -0.4 is 0 Å². The van der Waals surface area contributed by atoms with Crippen molar-refractivity contribution in [1.29, 1.82) is 0 Å². The second-order valence-electron chi connectivity index (χ2n) is 2.33. The Balaban J connectivity index is 3.05. The van der Waals surface area contributed by atoms with E-state index in [1.165, 1.54) is 0 Å². The number of hydrogen-bond donors (Lipinski definition) is 1. The van der Waals surface area contributed by atoms with Crippen molar-refractivity contribution in [3.63, 3.8) is 0 Å². The first-order valence-corrected chi connectivity index (χ1v) is 4.86. The summed E-state index contributed by atoms with van der Waals surface area (Å²) < 4.78 is 0.422. The molecule has 0 aliphatic heterocycles. The molecule has 1 N–H and O–H groups in total. The average Bonchev–Trinajstić information content (AvgIpc) is 1.94. The topological polar surface area (TPSA) is 20.2 Å². The maximum atomic E-state index is 9.09. The molecule has 0 fully saturated rings. The second-order valence-corrected chi connectivity index (χ2v) is 4.60. The zero-order valence-corrected chi connectivity index (χ0v) is 8.93. The Hall–Kier alpha value is 0.0400. The molecule has 1 nitrogen and oxygen atoms in total. The van der Waals surface area contributed by atoms with Crippen molar-refractivity contribution in [3.8, 4) is 5.75 Å². The van der Waals surface area contributed by atoms with E-state index in [9.17, 15) is 0 Å². The highest BCUT2D eigenvalue weighted by molar-refractivity contribution is 14.1. The minimum absolute atomic E-state index is 0.146. The summed E-state index contributed by atoms with van der Waals surface area (Å²) in [7, 11) is 0. The Labute approximate surface area is 84.5 Å². The number of hydrogen-bond acceptors (Lipinski definition) is 1. The third-order valence-electron chi connectivity index (χ3n) is 1.43. The van der Waals surface area contributed by atoms with Gasteiger partial charge in [-0.2, -0.15) is 0 Å². The monoisotopic (exact) mass is 282 g/mol. The van der Waals surface area contributed by atoms with Crippen LogP contribution >= 0.6 is 34.2 Å². The van der Waals surface area contributed by atoms with E-state index in [4.69, 9.17) is 16.7 Å². The third-order valence-corrected chi connectivity index (χ3v) is 2.45. The molecule has 0 saturated heterocycles. The van der Waals surface area contributed by atoms with Crippen LogP contribution in [0.25, 0.3) is 0 Å². The SMILES string of the molecule is CC(I)c1ccc(O)c(Cl)c1. The van der Waals surface area contributed by atoms with Gasteiger partial charge in [-0.05, 0) is 24.6 Å². The van der Waals surface area contributed by atoms with Crippen molar-refractivity contribution in [2.24, 2.45) is 0 Å². The minimum Gasteiger partial charge on any atom is -0.506 e. The molecule has 11 heavy (non-hydrogen) atoms. The zero-order chi connectivity index (χ0) is 8.43. The van der Waals surface area contributed by atoms with E-state index in [0.29, 0.717) is 8.95 Å². The summed E-state index contributed by atoms with van der Waals surface area (Å²) >= 11 is 8.00. The van der Waals surface area contributed by atoms with Gasteiger partial charge in [0.1, 0.15) is 5.75 Å². The summed E-state index contributed by atoms with van der Waals surface area (Å²) in [5.41, 5.74) is 1.13. The van der Waals surface area contributed by atoms with Crippen molar-refractivity contribution in [2.45, 2.75) is 10.8 Å². The Morgan fingerprint density at radius 2 is 2.18 bits per heavy atom. The Morgan fingerprint density at radius 3 is 2.64 bits per heavy atom. The molecule has 3 heteroatoms. The van der Waals surface area contributed by atoms with Gasteiger partial charge in [0.05, 0.1) is 5.02 Å². The van der Waals surface area contributed by atoms with E-state index in [1.807, 2.05) is 6.07 Å². The standard InChI is InChI=1S/C8H8ClIO/c1-5(10)6-2-3-8(11)7(9)4-6/h2-5,11H,1H3. The van der Waals surface area contributed by atoms with Crippen molar-refractivity contribution in [2.75, 3.05) is 0 Å². The molecule has 0 saturated carbocycles. The molecular formula is C8H8ClIO. The van der Waals surface area contributed by atoms with Gasteiger partial charge < -0.3 is 5.11 Å². The van der Waals surface area contributed by atoms with Gasteiger partial charge in [-0.1, -0.05) is 40.3 Å². The number of halogens is 2. The average molecular weight is 283 g/mol. The van der Waals surface area contributed by atoms with E-state index in [0.717, 1.165) is 5.56 Å². The molecule has 1 unspecified atom stereocenters. The van der Waals surface area contributed by atoms with E-state index < -0.39 is 0 Å². The first kappa shape index (κ1) is 9.13. The number of rotatable bonds is 1. The second kappa shape index (κ2) is 3.63. The maximum absolute atomic E-state index is 9.09. The molecular weight excluding hydrogens is 274 g/mol. The van der Waals surface area contributed by atoms with E-state index in [1.54, 1.807) is 12.1 Å².